The predicted octanol–water partition coefficient (Wildman–Crippen LogP) is 2.80. The summed E-state index contributed by atoms with van der Waals surface area (Å²) in [5.74, 6) is 0. The SMILES string of the molecule is CC[CH2][Mg][c]1ccccc1CCC. The van der Waals surface area contributed by atoms with Gasteiger partial charge in [-0.3, -0.25) is 0 Å². The van der Waals surface area contributed by atoms with Gasteiger partial charge in [0.1, 0.15) is 0 Å². The molecular formula is C12H18Mg. The molecule has 0 heterocycles. The maximum atomic E-state index is 2.34. The van der Waals surface area contributed by atoms with Crippen LogP contribution in [0.15, 0.2) is 24.3 Å². The lowest BCUT2D eigenvalue weighted by atomic mass is 10.1. The first kappa shape index (κ1) is 11.1. The Bertz CT molecular complexity index is 243. The van der Waals surface area contributed by atoms with Gasteiger partial charge in [0.05, 0.1) is 0 Å². The molecule has 0 aliphatic rings. The Morgan fingerprint density at radius 2 is 1.85 bits per heavy atom. The maximum Gasteiger partial charge on any atom is 0.409 e. The van der Waals surface area contributed by atoms with Gasteiger partial charge in [-0.1, -0.05) is 56.5 Å². The average molecular weight is 187 g/mol. The molecule has 0 saturated carbocycles. The molecule has 0 amide bonds. The Morgan fingerprint density at radius 1 is 1.08 bits per heavy atom. The van der Waals surface area contributed by atoms with Gasteiger partial charge < -0.3 is 0 Å². The Hall–Kier alpha value is -0.0138. The van der Waals surface area contributed by atoms with Crippen LogP contribution in [0.1, 0.15) is 32.3 Å². The Morgan fingerprint density at radius 3 is 2.54 bits per heavy atom. The normalized spacial score (nSPS) is 9.69. The lowest BCUT2D eigenvalue weighted by molar-refractivity contribution is 0.926. The van der Waals surface area contributed by atoms with E-state index in [2.05, 4.69) is 38.1 Å². The zero-order chi connectivity index (χ0) is 9.52. The highest BCUT2D eigenvalue weighted by molar-refractivity contribution is 6.53. The summed E-state index contributed by atoms with van der Waals surface area (Å²) in [6.07, 6.45) is 3.90. The molecule has 13 heavy (non-hydrogen) atoms. The second kappa shape index (κ2) is 6.44. The number of benzene rings is 1. The second-order valence-corrected chi connectivity index (χ2v) is 5.59. The van der Waals surface area contributed by atoms with Crippen molar-refractivity contribution in [3.8, 4) is 0 Å². The van der Waals surface area contributed by atoms with Gasteiger partial charge >= 0.3 is 20.4 Å². The summed E-state index contributed by atoms with van der Waals surface area (Å²) >= 11 is 0.0393. The first-order chi connectivity index (χ1) is 6.38. The molecule has 0 aromatic heterocycles. The van der Waals surface area contributed by atoms with Crippen molar-refractivity contribution in [3.05, 3.63) is 29.8 Å². The minimum absolute atomic E-state index is 0.0393. The molecule has 0 radical (unpaired) electrons. The molecule has 1 aromatic rings. The monoisotopic (exact) mass is 186 g/mol. The zero-order valence-corrected chi connectivity index (χ0v) is 10.3. The Kier molecular flexibility index (Phi) is 5.48. The molecule has 1 rings (SSSR count). The molecule has 0 aliphatic carbocycles. The van der Waals surface area contributed by atoms with E-state index in [-0.39, 0.29) is 20.4 Å². The molecule has 0 unspecified atom stereocenters. The molecule has 1 aromatic carbocycles. The minimum atomic E-state index is 0.0393. The second-order valence-electron chi connectivity index (χ2n) is 3.62. The van der Waals surface area contributed by atoms with Gasteiger partial charge in [-0.2, -0.15) is 3.69 Å². The van der Waals surface area contributed by atoms with E-state index in [9.17, 15) is 0 Å². The van der Waals surface area contributed by atoms with Crippen molar-refractivity contribution in [3.63, 3.8) is 0 Å². The molecule has 0 fully saturated rings. The molecule has 0 saturated heterocycles. The Labute approximate surface area is 91.5 Å². The van der Waals surface area contributed by atoms with E-state index < -0.39 is 0 Å². The third-order valence-electron chi connectivity index (χ3n) is 2.44. The van der Waals surface area contributed by atoms with Crippen LogP contribution in [-0.2, 0) is 6.42 Å². The molecule has 0 atom stereocenters. The van der Waals surface area contributed by atoms with Crippen LogP contribution in [0, 0.1) is 0 Å². The lowest BCUT2D eigenvalue weighted by Crippen LogP contribution is -2.18. The topological polar surface area (TPSA) is 0 Å². The highest BCUT2D eigenvalue weighted by Crippen LogP contribution is 2.00. The third kappa shape index (κ3) is 3.69. The van der Waals surface area contributed by atoms with Crippen molar-refractivity contribution < 1.29 is 0 Å². The van der Waals surface area contributed by atoms with Gasteiger partial charge in [-0.15, -0.1) is 4.55 Å². The molecule has 0 nitrogen and oxygen atoms in total. The van der Waals surface area contributed by atoms with Crippen molar-refractivity contribution in [1.29, 1.82) is 0 Å². The molecule has 0 N–H and O–H groups in total. The molecular weight excluding hydrogens is 168 g/mol. The standard InChI is InChI=1S/C9H11.C3H7.Mg/c1-2-6-9-7-4-3-5-8-9;1-3-2;/h3-5,7H,2,6H2,1H3;1,3H2,2H3;. The molecule has 1 heteroatoms. The summed E-state index contributed by atoms with van der Waals surface area (Å²) in [6, 6.07) is 9.01. The lowest BCUT2D eigenvalue weighted by Gasteiger charge is -2.07. The fraction of sp³-hybridized carbons (Fsp3) is 0.500. The Balaban J connectivity index is 2.66. The van der Waals surface area contributed by atoms with Gasteiger partial charge in [0.15, 0.2) is 0 Å². The summed E-state index contributed by atoms with van der Waals surface area (Å²) in [7, 11) is 0. The van der Waals surface area contributed by atoms with Crippen LogP contribution in [-0.4, -0.2) is 20.4 Å². The summed E-state index contributed by atoms with van der Waals surface area (Å²) in [5, 5.41) is 0. The largest absolute Gasteiger partial charge is 0.409 e. The first-order valence-corrected chi connectivity index (χ1v) is 7.16. The van der Waals surface area contributed by atoms with Crippen LogP contribution in [0.3, 0.4) is 0 Å². The smallest absolute Gasteiger partial charge is 0.171 e. The third-order valence-corrected chi connectivity index (χ3v) is 4.73. The summed E-state index contributed by atoms with van der Waals surface area (Å²) in [4.78, 5) is 0. The van der Waals surface area contributed by atoms with Gasteiger partial charge in [0.2, 0.25) is 0 Å². The first-order valence-electron chi connectivity index (χ1n) is 5.45. The van der Waals surface area contributed by atoms with E-state index in [0.29, 0.717) is 0 Å². The van der Waals surface area contributed by atoms with Gasteiger partial charge in [0.25, 0.3) is 0 Å². The van der Waals surface area contributed by atoms with E-state index in [1.807, 2.05) is 0 Å². The zero-order valence-electron chi connectivity index (χ0n) is 8.84. The van der Waals surface area contributed by atoms with E-state index in [1.165, 1.54) is 23.8 Å². The fourth-order valence-electron chi connectivity index (χ4n) is 1.68. The van der Waals surface area contributed by atoms with E-state index in [0.717, 1.165) is 0 Å². The van der Waals surface area contributed by atoms with Crippen molar-refractivity contribution in [2.45, 2.75) is 37.7 Å². The number of hydrogen-bond acceptors (Lipinski definition) is 0. The summed E-state index contributed by atoms with van der Waals surface area (Å²) < 4.78 is 3.16. The average Bonchev–Trinajstić information content (AvgIpc) is 2.17. The summed E-state index contributed by atoms with van der Waals surface area (Å²) in [6.45, 7) is 4.55. The quantitative estimate of drug-likeness (QED) is 0.621. The van der Waals surface area contributed by atoms with Gasteiger partial charge in [0, 0.05) is 0 Å². The number of hydrogen-bond donors (Lipinski definition) is 0. The van der Waals surface area contributed by atoms with Crippen LogP contribution in [0.2, 0.25) is 4.55 Å². The van der Waals surface area contributed by atoms with Crippen LogP contribution >= 0.6 is 0 Å². The van der Waals surface area contributed by atoms with Crippen molar-refractivity contribution >= 4 is 24.1 Å². The van der Waals surface area contributed by atoms with Crippen molar-refractivity contribution in [2.75, 3.05) is 0 Å². The van der Waals surface area contributed by atoms with Crippen molar-refractivity contribution in [2.24, 2.45) is 0 Å². The molecule has 68 valence electrons. The predicted molar refractivity (Wildman–Crippen MR) is 60.9 cm³/mol. The van der Waals surface area contributed by atoms with Gasteiger partial charge in [-0.05, 0) is 6.42 Å². The fourth-order valence-corrected chi connectivity index (χ4v) is 3.33. The van der Waals surface area contributed by atoms with Gasteiger partial charge in [-0.25, -0.2) is 0 Å². The van der Waals surface area contributed by atoms with E-state index in [1.54, 1.807) is 9.26 Å². The highest BCUT2D eigenvalue weighted by atomic mass is 24.5. The van der Waals surface area contributed by atoms with E-state index in [4.69, 9.17) is 0 Å². The summed E-state index contributed by atoms with van der Waals surface area (Å²) in [5.41, 5.74) is 1.62. The van der Waals surface area contributed by atoms with E-state index >= 15 is 0 Å². The van der Waals surface area contributed by atoms with Crippen LogP contribution in [0.25, 0.3) is 0 Å². The van der Waals surface area contributed by atoms with Crippen molar-refractivity contribution in [1.82, 2.24) is 0 Å². The number of rotatable bonds is 5. The molecule has 0 spiro atoms. The van der Waals surface area contributed by atoms with Crippen LogP contribution in [0.5, 0.6) is 0 Å². The van der Waals surface area contributed by atoms with Crippen LogP contribution < -0.4 is 3.69 Å². The minimum Gasteiger partial charge on any atom is -0.171 e. The molecule has 0 aliphatic heterocycles. The maximum absolute atomic E-state index is 2.34. The molecule has 0 bridgehead atoms. The number of aryl methyl sites for hydroxylation is 1. The highest BCUT2D eigenvalue weighted by Gasteiger charge is 2.02. The van der Waals surface area contributed by atoms with Crippen LogP contribution in [0.4, 0.5) is 0 Å².